The standard InChI is InChI=1S/C19H22N4OS2/c1-25-10-7-16(20)18(24)23-19-22-17(12-26-19)15-4-2-3-14(11-15)13-5-8-21-9-6-13/h2-6,8-9,11-12,16,18,24H,7,10,20H2,1H3,(H,22,23). The van der Waals surface area contributed by atoms with E-state index >= 15 is 0 Å². The SMILES string of the molecule is CSCCC(N)C(O)Nc1nc(-c2cccc(-c3ccncc3)c2)cs1. The van der Waals surface area contributed by atoms with Crippen molar-refractivity contribution in [3.8, 4) is 22.4 Å². The predicted octanol–water partition coefficient (Wildman–Crippen LogP) is 3.68. The molecule has 4 N–H and O–H groups in total. The van der Waals surface area contributed by atoms with Crippen LogP contribution in [0, 0.1) is 0 Å². The van der Waals surface area contributed by atoms with Crippen LogP contribution in [-0.2, 0) is 0 Å². The van der Waals surface area contributed by atoms with Crippen LogP contribution >= 0.6 is 23.1 Å². The van der Waals surface area contributed by atoms with Crippen molar-refractivity contribution in [1.29, 1.82) is 0 Å². The van der Waals surface area contributed by atoms with E-state index in [9.17, 15) is 5.11 Å². The number of nitrogens with zero attached hydrogens (tertiary/aromatic N) is 2. The lowest BCUT2D eigenvalue weighted by Gasteiger charge is -2.19. The van der Waals surface area contributed by atoms with Gasteiger partial charge in [0, 0.05) is 23.3 Å². The summed E-state index contributed by atoms with van der Waals surface area (Å²) >= 11 is 3.18. The number of nitrogens with one attached hydrogen (secondary N) is 1. The van der Waals surface area contributed by atoms with Gasteiger partial charge in [-0.2, -0.15) is 11.8 Å². The van der Waals surface area contributed by atoms with Crippen LogP contribution in [0.5, 0.6) is 0 Å². The maximum absolute atomic E-state index is 10.2. The molecule has 2 heterocycles. The van der Waals surface area contributed by atoms with E-state index in [1.165, 1.54) is 11.3 Å². The Balaban J connectivity index is 1.72. The zero-order valence-electron chi connectivity index (χ0n) is 14.5. The highest BCUT2D eigenvalue weighted by Crippen LogP contribution is 2.29. The molecule has 3 rings (SSSR count). The number of benzene rings is 1. The lowest BCUT2D eigenvalue weighted by Crippen LogP contribution is -2.40. The third kappa shape index (κ3) is 4.82. The van der Waals surface area contributed by atoms with Crippen LogP contribution in [-0.4, -0.2) is 39.4 Å². The molecule has 2 atom stereocenters. The van der Waals surface area contributed by atoms with Crippen LogP contribution in [0.1, 0.15) is 6.42 Å². The van der Waals surface area contributed by atoms with Crippen molar-refractivity contribution in [3.05, 3.63) is 54.2 Å². The van der Waals surface area contributed by atoms with Gasteiger partial charge in [-0.1, -0.05) is 18.2 Å². The minimum absolute atomic E-state index is 0.315. The van der Waals surface area contributed by atoms with Crippen molar-refractivity contribution in [3.63, 3.8) is 0 Å². The summed E-state index contributed by atoms with van der Waals surface area (Å²) in [5.74, 6) is 0.921. The molecule has 0 spiro atoms. The van der Waals surface area contributed by atoms with Crippen LogP contribution in [0.25, 0.3) is 22.4 Å². The average molecular weight is 387 g/mol. The van der Waals surface area contributed by atoms with Crippen molar-refractivity contribution in [2.45, 2.75) is 18.7 Å². The second kappa shape index (κ2) is 9.14. The molecule has 2 unspecified atom stereocenters. The van der Waals surface area contributed by atoms with E-state index < -0.39 is 6.23 Å². The van der Waals surface area contributed by atoms with Gasteiger partial charge in [0.05, 0.1) is 11.7 Å². The molecule has 0 bridgehead atoms. The van der Waals surface area contributed by atoms with Crippen LogP contribution in [0.2, 0.25) is 0 Å². The summed E-state index contributed by atoms with van der Waals surface area (Å²) in [6.07, 6.45) is 5.55. The molecule has 0 aliphatic rings. The van der Waals surface area contributed by atoms with E-state index in [1.807, 2.05) is 35.9 Å². The van der Waals surface area contributed by atoms with E-state index in [0.717, 1.165) is 34.6 Å². The zero-order valence-corrected chi connectivity index (χ0v) is 16.1. The molecule has 0 aliphatic heterocycles. The lowest BCUT2D eigenvalue weighted by atomic mass is 10.0. The number of thioether (sulfide) groups is 1. The molecule has 0 saturated heterocycles. The molecule has 5 nitrogen and oxygen atoms in total. The second-order valence-electron chi connectivity index (χ2n) is 5.89. The van der Waals surface area contributed by atoms with E-state index in [1.54, 1.807) is 24.2 Å². The van der Waals surface area contributed by atoms with Gasteiger partial charge in [-0.25, -0.2) is 4.98 Å². The number of hydrogen-bond acceptors (Lipinski definition) is 7. The highest BCUT2D eigenvalue weighted by Gasteiger charge is 2.16. The van der Waals surface area contributed by atoms with E-state index in [4.69, 9.17) is 5.73 Å². The molecule has 0 aliphatic carbocycles. The number of hydrogen-bond donors (Lipinski definition) is 3. The third-order valence-electron chi connectivity index (χ3n) is 4.01. The molecular formula is C19H22N4OS2. The first kappa shape index (κ1) is 18.8. The van der Waals surface area contributed by atoms with Crippen molar-refractivity contribution in [2.24, 2.45) is 5.73 Å². The molecule has 1 aromatic carbocycles. The predicted molar refractivity (Wildman–Crippen MR) is 111 cm³/mol. The van der Waals surface area contributed by atoms with Gasteiger partial charge in [0.15, 0.2) is 5.13 Å². The minimum atomic E-state index is -0.802. The first-order valence-corrected chi connectivity index (χ1v) is 10.6. The minimum Gasteiger partial charge on any atom is -0.372 e. The normalized spacial score (nSPS) is 13.3. The largest absolute Gasteiger partial charge is 0.372 e. The third-order valence-corrected chi connectivity index (χ3v) is 5.43. The number of aliphatic hydroxyl groups is 1. The number of thiazole rings is 1. The van der Waals surface area contributed by atoms with Gasteiger partial charge >= 0.3 is 0 Å². The van der Waals surface area contributed by atoms with Crippen molar-refractivity contribution >= 4 is 28.2 Å². The number of aliphatic hydroxyl groups excluding tert-OH is 1. The molecule has 0 fully saturated rings. The van der Waals surface area contributed by atoms with Crippen molar-refractivity contribution in [1.82, 2.24) is 9.97 Å². The van der Waals surface area contributed by atoms with Crippen molar-refractivity contribution < 1.29 is 5.11 Å². The summed E-state index contributed by atoms with van der Waals surface area (Å²) in [6.45, 7) is 0. The highest BCUT2D eigenvalue weighted by molar-refractivity contribution is 7.98. The summed E-state index contributed by atoms with van der Waals surface area (Å²) < 4.78 is 0. The first-order chi connectivity index (χ1) is 12.7. The second-order valence-corrected chi connectivity index (χ2v) is 7.73. The van der Waals surface area contributed by atoms with Gasteiger partial charge in [0.25, 0.3) is 0 Å². The highest BCUT2D eigenvalue weighted by atomic mass is 32.2. The Morgan fingerprint density at radius 2 is 1.96 bits per heavy atom. The zero-order chi connectivity index (χ0) is 18.4. The van der Waals surface area contributed by atoms with Gasteiger partial charge in [-0.15, -0.1) is 11.3 Å². The van der Waals surface area contributed by atoms with E-state index in [2.05, 4.69) is 27.4 Å². The molecule has 0 saturated carbocycles. The number of rotatable bonds is 8. The Kier molecular flexibility index (Phi) is 6.62. The summed E-state index contributed by atoms with van der Waals surface area (Å²) in [6, 6.07) is 11.9. The molecule has 26 heavy (non-hydrogen) atoms. The molecule has 3 aromatic rings. The molecule has 136 valence electrons. The van der Waals surface area contributed by atoms with E-state index in [-0.39, 0.29) is 6.04 Å². The Morgan fingerprint density at radius 1 is 1.19 bits per heavy atom. The Hall–Kier alpha value is -1.93. The fraction of sp³-hybridized carbons (Fsp3) is 0.263. The van der Waals surface area contributed by atoms with Crippen LogP contribution in [0.15, 0.2) is 54.2 Å². The van der Waals surface area contributed by atoms with Crippen LogP contribution < -0.4 is 11.1 Å². The van der Waals surface area contributed by atoms with E-state index in [0.29, 0.717) is 5.13 Å². The summed E-state index contributed by atoms with van der Waals surface area (Å²) in [5.41, 5.74) is 10.1. The molecular weight excluding hydrogens is 364 g/mol. The lowest BCUT2D eigenvalue weighted by molar-refractivity contribution is 0.170. The van der Waals surface area contributed by atoms with Gasteiger partial charge in [-0.05, 0) is 47.8 Å². The van der Waals surface area contributed by atoms with Crippen LogP contribution in [0.3, 0.4) is 0 Å². The fourth-order valence-electron chi connectivity index (χ4n) is 2.52. The maximum atomic E-state index is 10.2. The summed E-state index contributed by atoms with van der Waals surface area (Å²) in [7, 11) is 0. The quantitative estimate of drug-likeness (QED) is 0.512. The molecule has 2 aromatic heterocycles. The number of nitrogens with two attached hydrogens (primary N) is 1. The topological polar surface area (TPSA) is 84.1 Å². The number of pyridine rings is 1. The van der Waals surface area contributed by atoms with Crippen molar-refractivity contribution in [2.75, 3.05) is 17.3 Å². The number of anilines is 1. The van der Waals surface area contributed by atoms with Gasteiger partial charge in [0.2, 0.25) is 0 Å². The Morgan fingerprint density at radius 3 is 2.73 bits per heavy atom. The monoisotopic (exact) mass is 386 g/mol. The molecule has 7 heteroatoms. The average Bonchev–Trinajstić information content (AvgIpc) is 3.15. The summed E-state index contributed by atoms with van der Waals surface area (Å²) in [4.78, 5) is 8.65. The molecule has 0 amide bonds. The Bertz CT molecular complexity index is 825. The molecule has 0 radical (unpaired) electrons. The summed E-state index contributed by atoms with van der Waals surface area (Å²) in [5, 5.41) is 15.8. The maximum Gasteiger partial charge on any atom is 0.185 e. The first-order valence-electron chi connectivity index (χ1n) is 8.33. The Labute approximate surface area is 161 Å². The number of aromatic nitrogens is 2. The van der Waals surface area contributed by atoms with Gasteiger partial charge in [-0.3, -0.25) is 4.98 Å². The van der Waals surface area contributed by atoms with Gasteiger partial charge in [0.1, 0.15) is 6.23 Å². The smallest absolute Gasteiger partial charge is 0.185 e. The van der Waals surface area contributed by atoms with Crippen LogP contribution in [0.4, 0.5) is 5.13 Å². The fourth-order valence-corrected chi connectivity index (χ4v) is 3.78. The van der Waals surface area contributed by atoms with Gasteiger partial charge < -0.3 is 16.2 Å².